The Labute approximate surface area is 144 Å². The van der Waals surface area contributed by atoms with Gasteiger partial charge in [-0.2, -0.15) is 0 Å². The highest BCUT2D eigenvalue weighted by Crippen LogP contribution is 2.39. The van der Waals surface area contributed by atoms with Crippen LogP contribution in [-0.4, -0.2) is 29.6 Å². The van der Waals surface area contributed by atoms with E-state index in [0.29, 0.717) is 33.3 Å². The lowest BCUT2D eigenvalue weighted by molar-refractivity contribution is -0.137. The molecule has 1 aliphatic heterocycles. The van der Waals surface area contributed by atoms with E-state index in [2.05, 4.69) is 0 Å². The molecular formula is C18H17NO4S. The third-order valence-corrected chi connectivity index (χ3v) is 4.64. The van der Waals surface area contributed by atoms with E-state index in [4.69, 9.17) is 9.15 Å². The molecule has 124 valence electrons. The highest BCUT2D eigenvalue weighted by atomic mass is 32.2. The van der Waals surface area contributed by atoms with Gasteiger partial charge in [-0.3, -0.25) is 14.5 Å². The third-order valence-electron chi connectivity index (χ3n) is 3.68. The SMILES string of the molecule is CCSC1=C(c2ccccc2OC)C(=O)N(Cc2ccco2)C1=O. The zero-order valence-corrected chi connectivity index (χ0v) is 14.3. The molecule has 0 N–H and O–H groups in total. The first-order valence-electron chi connectivity index (χ1n) is 7.56. The number of para-hydroxylation sites is 1. The van der Waals surface area contributed by atoms with Crippen molar-refractivity contribution in [3.8, 4) is 5.75 Å². The van der Waals surface area contributed by atoms with E-state index in [-0.39, 0.29) is 18.4 Å². The maximum Gasteiger partial charge on any atom is 0.268 e. The van der Waals surface area contributed by atoms with Crippen molar-refractivity contribution in [1.82, 2.24) is 4.90 Å². The molecule has 5 nitrogen and oxygen atoms in total. The fourth-order valence-corrected chi connectivity index (χ4v) is 3.49. The van der Waals surface area contributed by atoms with Crippen LogP contribution in [0.2, 0.25) is 0 Å². The van der Waals surface area contributed by atoms with Crippen LogP contribution < -0.4 is 4.74 Å². The maximum atomic E-state index is 12.9. The predicted molar refractivity (Wildman–Crippen MR) is 92.3 cm³/mol. The minimum absolute atomic E-state index is 0.122. The van der Waals surface area contributed by atoms with Crippen molar-refractivity contribution in [3.05, 3.63) is 58.9 Å². The van der Waals surface area contributed by atoms with E-state index >= 15 is 0 Å². The summed E-state index contributed by atoms with van der Waals surface area (Å²) in [6.07, 6.45) is 1.52. The van der Waals surface area contributed by atoms with Crippen molar-refractivity contribution in [1.29, 1.82) is 0 Å². The van der Waals surface area contributed by atoms with E-state index in [1.807, 2.05) is 19.1 Å². The van der Waals surface area contributed by atoms with Gasteiger partial charge in [0.1, 0.15) is 11.5 Å². The van der Waals surface area contributed by atoms with Crippen molar-refractivity contribution in [3.63, 3.8) is 0 Å². The molecule has 0 spiro atoms. The molecule has 3 rings (SSSR count). The zero-order chi connectivity index (χ0) is 17.1. The molecule has 2 heterocycles. The molecule has 0 fully saturated rings. The summed E-state index contributed by atoms with van der Waals surface area (Å²) in [6, 6.07) is 10.7. The fraction of sp³-hybridized carbons (Fsp3) is 0.222. The van der Waals surface area contributed by atoms with E-state index in [1.165, 1.54) is 22.9 Å². The van der Waals surface area contributed by atoms with Gasteiger partial charge in [0.25, 0.3) is 11.8 Å². The fourth-order valence-electron chi connectivity index (χ4n) is 2.62. The van der Waals surface area contributed by atoms with Crippen molar-refractivity contribution in [2.45, 2.75) is 13.5 Å². The number of imide groups is 1. The quantitative estimate of drug-likeness (QED) is 0.753. The van der Waals surface area contributed by atoms with E-state index in [0.717, 1.165) is 0 Å². The Kier molecular flexibility index (Phi) is 4.76. The molecule has 0 atom stereocenters. The van der Waals surface area contributed by atoms with Gasteiger partial charge in [0, 0.05) is 5.56 Å². The Morgan fingerprint density at radius 2 is 1.92 bits per heavy atom. The summed E-state index contributed by atoms with van der Waals surface area (Å²) in [6.45, 7) is 2.07. The van der Waals surface area contributed by atoms with Gasteiger partial charge in [0.2, 0.25) is 0 Å². The first-order valence-corrected chi connectivity index (χ1v) is 8.55. The Bertz CT molecular complexity index is 795. The van der Waals surface area contributed by atoms with Crippen LogP contribution in [0.1, 0.15) is 18.2 Å². The Balaban J connectivity index is 2.03. The Hall–Kier alpha value is -2.47. The number of amides is 2. The average Bonchev–Trinajstić information content (AvgIpc) is 3.18. The van der Waals surface area contributed by atoms with Crippen molar-refractivity contribution in [2.24, 2.45) is 0 Å². The lowest BCUT2D eigenvalue weighted by Crippen LogP contribution is -2.30. The largest absolute Gasteiger partial charge is 0.496 e. The van der Waals surface area contributed by atoms with Gasteiger partial charge in [0.15, 0.2) is 0 Å². The molecule has 24 heavy (non-hydrogen) atoms. The molecule has 6 heteroatoms. The van der Waals surface area contributed by atoms with Crippen LogP contribution in [0, 0.1) is 0 Å². The predicted octanol–water partition coefficient (Wildman–Crippen LogP) is 3.32. The number of hydrogen-bond donors (Lipinski definition) is 0. The average molecular weight is 343 g/mol. The molecule has 0 bridgehead atoms. The minimum atomic E-state index is -0.322. The normalized spacial score (nSPS) is 14.7. The molecule has 2 amide bonds. The van der Waals surface area contributed by atoms with Gasteiger partial charge in [-0.05, 0) is 24.0 Å². The van der Waals surface area contributed by atoms with Gasteiger partial charge in [0.05, 0.1) is 30.4 Å². The van der Waals surface area contributed by atoms with Gasteiger partial charge in [-0.25, -0.2) is 0 Å². The highest BCUT2D eigenvalue weighted by Gasteiger charge is 2.40. The molecule has 0 radical (unpaired) electrons. The summed E-state index contributed by atoms with van der Waals surface area (Å²) in [5, 5.41) is 0. The number of hydrogen-bond acceptors (Lipinski definition) is 5. The Morgan fingerprint density at radius 1 is 1.12 bits per heavy atom. The summed E-state index contributed by atoms with van der Waals surface area (Å²) in [7, 11) is 1.55. The number of nitrogens with zero attached hydrogens (tertiary/aromatic N) is 1. The monoisotopic (exact) mass is 343 g/mol. The van der Waals surface area contributed by atoms with Crippen molar-refractivity contribution >= 4 is 29.1 Å². The second kappa shape index (κ2) is 6.97. The highest BCUT2D eigenvalue weighted by molar-refractivity contribution is 8.04. The molecule has 2 aromatic rings. The summed E-state index contributed by atoms with van der Waals surface area (Å²) < 4.78 is 10.6. The summed E-state index contributed by atoms with van der Waals surface area (Å²) >= 11 is 1.37. The topological polar surface area (TPSA) is 59.8 Å². The number of methoxy groups -OCH3 is 1. The number of carbonyl (C=O) groups excluding carboxylic acids is 2. The van der Waals surface area contributed by atoms with Gasteiger partial charge >= 0.3 is 0 Å². The van der Waals surface area contributed by atoms with Crippen LogP contribution in [0.3, 0.4) is 0 Å². The minimum Gasteiger partial charge on any atom is -0.496 e. The Morgan fingerprint density at radius 3 is 2.58 bits per heavy atom. The zero-order valence-electron chi connectivity index (χ0n) is 13.4. The second-order valence-electron chi connectivity index (χ2n) is 5.11. The smallest absolute Gasteiger partial charge is 0.268 e. The van der Waals surface area contributed by atoms with Crippen LogP contribution in [-0.2, 0) is 16.1 Å². The van der Waals surface area contributed by atoms with Gasteiger partial charge in [-0.15, -0.1) is 11.8 Å². The number of furan rings is 1. The first kappa shape index (κ1) is 16.4. The lowest BCUT2D eigenvalue weighted by Gasteiger charge is -2.14. The molecular weight excluding hydrogens is 326 g/mol. The maximum absolute atomic E-state index is 12.9. The molecule has 0 aliphatic carbocycles. The molecule has 1 aromatic heterocycles. The number of ether oxygens (including phenoxy) is 1. The molecule has 1 aromatic carbocycles. The lowest BCUT2D eigenvalue weighted by atomic mass is 10.1. The van der Waals surface area contributed by atoms with Crippen LogP contribution in [0.15, 0.2) is 52.0 Å². The number of benzene rings is 1. The van der Waals surface area contributed by atoms with Crippen molar-refractivity contribution in [2.75, 3.05) is 12.9 Å². The van der Waals surface area contributed by atoms with Crippen LogP contribution in [0.4, 0.5) is 0 Å². The van der Waals surface area contributed by atoms with E-state index in [1.54, 1.807) is 31.4 Å². The first-order chi connectivity index (χ1) is 11.7. The number of carbonyl (C=O) groups is 2. The standard InChI is InChI=1S/C18H17NO4S/c1-3-24-16-15(13-8-4-5-9-14(13)22-2)17(20)19(18(16)21)11-12-7-6-10-23-12/h4-10H,3,11H2,1-2H3. The molecule has 0 saturated carbocycles. The van der Waals surface area contributed by atoms with E-state index in [9.17, 15) is 9.59 Å². The number of thioether (sulfide) groups is 1. The van der Waals surface area contributed by atoms with Crippen molar-refractivity contribution < 1.29 is 18.7 Å². The van der Waals surface area contributed by atoms with Crippen LogP contribution in [0.25, 0.3) is 5.57 Å². The molecule has 0 saturated heterocycles. The third kappa shape index (κ3) is 2.85. The number of rotatable bonds is 6. The van der Waals surface area contributed by atoms with Crippen LogP contribution >= 0.6 is 11.8 Å². The molecule has 1 aliphatic rings. The van der Waals surface area contributed by atoms with Gasteiger partial charge in [-0.1, -0.05) is 25.1 Å². The summed E-state index contributed by atoms with van der Waals surface area (Å²) in [5.41, 5.74) is 1.03. The molecule has 0 unspecified atom stereocenters. The van der Waals surface area contributed by atoms with E-state index < -0.39 is 0 Å². The summed E-state index contributed by atoms with van der Waals surface area (Å²) in [5.74, 6) is 1.23. The van der Waals surface area contributed by atoms with Gasteiger partial charge < -0.3 is 9.15 Å². The second-order valence-corrected chi connectivity index (χ2v) is 6.39. The summed E-state index contributed by atoms with van der Waals surface area (Å²) in [4.78, 5) is 27.4. The van der Waals surface area contributed by atoms with Crippen LogP contribution in [0.5, 0.6) is 5.75 Å².